The Morgan fingerprint density at radius 1 is 1.26 bits per heavy atom. The van der Waals surface area contributed by atoms with Gasteiger partial charge in [0.2, 0.25) is 0 Å². The van der Waals surface area contributed by atoms with Gasteiger partial charge in [-0.25, -0.2) is 8.42 Å². The van der Waals surface area contributed by atoms with E-state index in [9.17, 15) is 8.42 Å². The van der Waals surface area contributed by atoms with Crippen LogP contribution in [0.15, 0.2) is 30.3 Å². The highest BCUT2D eigenvalue weighted by Crippen LogP contribution is 2.38. The maximum Gasteiger partial charge on any atom is 0.158 e. The first kappa shape index (κ1) is 14.5. The van der Waals surface area contributed by atoms with E-state index in [1.54, 1.807) is 0 Å². The summed E-state index contributed by atoms with van der Waals surface area (Å²) in [5, 5.41) is -0.406. The van der Waals surface area contributed by atoms with Crippen LogP contribution in [0, 0.1) is 5.41 Å². The Bertz CT molecular complexity index is 522. The van der Waals surface area contributed by atoms with Crippen LogP contribution < -0.4 is 5.73 Å². The molecule has 19 heavy (non-hydrogen) atoms. The molecule has 0 amide bonds. The lowest BCUT2D eigenvalue weighted by molar-refractivity contribution is 0.204. The van der Waals surface area contributed by atoms with E-state index in [1.807, 2.05) is 30.3 Å². The van der Waals surface area contributed by atoms with Gasteiger partial charge in [0.25, 0.3) is 0 Å². The zero-order valence-corrected chi connectivity index (χ0v) is 12.5. The monoisotopic (exact) mass is 281 g/mol. The Morgan fingerprint density at radius 3 is 2.53 bits per heavy atom. The number of rotatable bonds is 3. The summed E-state index contributed by atoms with van der Waals surface area (Å²) in [6.07, 6.45) is 2.64. The standard InChI is InChI=1S/C15H23NO2S/c1-15(2)10-6-9-13(14(15)16)19(17,18)11-12-7-4-3-5-8-12/h3-5,7-8,13-14H,6,9-11,16H2,1-2H3. The highest BCUT2D eigenvalue weighted by molar-refractivity contribution is 7.91. The molecular weight excluding hydrogens is 258 g/mol. The van der Waals surface area contributed by atoms with E-state index < -0.39 is 15.1 Å². The molecule has 3 nitrogen and oxygen atoms in total. The third-order valence-electron chi connectivity index (χ3n) is 4.28. The van der Waals surface area contributed by atoms with Crippen molar-refractivity contribution in [2.24, 2.45) is 11.1 Å². The Balaban J connectivity index is 2.20. The second-order valence-corrected chi connectivity index (χ2v) is 8.46. The molecule has 1 aliphatic carbocycles. The molecule has 106 valence electrons. The Labute approximate surface area is 116 Å². The Kier molecular flexibility index (Phi) is 4.02. The van der Waals surface area contributed by atoms with Crippen LogP contribution in [-0.4, -0.2) is 19.7 Å². The molecule has 1 aromatic carbocycles. The zero-order chi connectivity index (χ0) is 14.1. The fraction of sp³-hybridized carbons (Fsp3) is 0.600. The highest BCUT2D eigenvalue weighted by Gasteiger charge is 2.42. The minimum Gasteiger partial charge on any atom is -0.326 e. The molecule has 1 saturated carbocycles. The lowest BCUT2D eigenvalue weighted by atomic mass is 9.73. The highest BCUT2D eigenvalue weighted by atomic mass is 32.2. The van der Waals surface area contributed by atoms with E-state index in [4.69, 9.17) is 5.73 Å². The number of nitrogens with two attached hydrogens (primary N) is 1. The van der Waals surface area contributed by atoms with Gasteiger partial charge in [-0.1, -0.05) is 50.6 Å². The van der Waals surface area contributed by atoms with Crippen LogP contribution in [0.4, 0.5) is 0 Å². The molecule has 0 heterocycles. The Morgan fingerprint density at radius 2 is 1.89 bits per heavy atom. The summed E-state index contributed by atoms with van der Waals surface area (Å²) >= 11 is 0. The van der Waals surface area contributed by atoms with Crippen LogP contribution in [0.2, 0.25) is 0 Å². The summed E-state index contributed by atoms with van der Waals surface area (Å²) in [4.78, 5) is 0. The Hall–Kier alpha value is -0.870. The smallest absolute Gasteiger partial charge is 0.158 e. The third kappa shape index (κ3) is 3.18. The van der Waals surface area contributed by atoms with Gasteiger partial charge < -0.3 is 5.73 Å². The quantitative estimate of drug-likeness (QED) is 0.926. The summed E-state index contributed by atoms with van der Waals surface area (Å²) in [7, 11) is -3.18. The fourth-order valence-corrected chi connectivity index (χ4v) is 5.14. The van der Waals surface area contributed by atoms with Crippen molar-refractivity contribution < 1.29 is 8.42 Å². The van der Waals surface area contributed by atoms with Crippen LogP contribution in [0.3, 0.4) is 0 Å². The average molecular weight is 281 g/mol. The van der Waals surface area contributed by atoms with Gasteiger partial charge in [-0.05, 0) is 23.8 Å². The summed E-state index contributed by atoms with van der Waals surface area (Å²) in [5.74, 6) is 0.0995. The van der Waals surface area contributed by atoms with Gasteiger partial charge in [0.15, 0.2) is 9.84 Å². The first-order chi connectivity index (χ1) is 8.83. The molecule has 2 N–H and O–H groups in total. The van der Waals surface area contributed by atoms with E-state index in [1.165, 1.54) is 0 Å². The van der Waals surface area contributed by atoms with Crippen LogP contribution in [0.1, 0.15) is 38.7 Å². The predicted molar refractivity (Wildman–Crippen MR) is 78.5 cm³/mol. The largest absolute Gasteiger partial charge is 0.326 e. The lowest BCUT2D eigenvalue weighted by Gasteiger charge is -2.41. The van der Waals surface area contributed by atoms with Gasteiger partial charge in [0.1, 0.15) is 0 Å². The molecule has 0 saturated heterocycles. The molecule has 2 rings (SSSR count). The molecule has 0 spiro atoms. The summed E-state index contributed by atoms with van der Waals surface area (Å²) < 4.78 is 25.1. The molecule has 1 aliphatic rings. The van der Waals surface area contributed by atoms with Crippen molar-refractivity contribution in [3.8, 4) is 0 Å². The molecule has 0 radical (unpaired) electrons. The van der Waals surface area contributed by atoms with Crippen molar-refractivity contribution in [2.75, 3.05) is 0 Å². The molecule has 1 aromatic rings. The van der Waals surface area contributed by atoms with Gasteiger partial charge in [-0.3, -0.25) is 0 Å². The van der Waals surface area contributed by atoms with E-state index in [-0.39, 0.29) is 17.2 Å². The zero-order valence-electron chi connectivity index (χ0n) is 11.7. The summed E-state index contributed by atoms with van der Waals surface area (Å²) in [5.41, 5.74) is 6.97. The van der Waals surface area contributed by atoms with E-state index in [0.29, 0.717) is 6.42 Å². The van der Waals surface area contributed by atoms with Crippen LogP contribution in [-0.2, 0) is 15.6 Å². The van der Waals surface area contributed by atoms with Gasteiger partial charge in [-0.15, -0.1) is 0 Å². The minimum absolute atomic E-state index is 0.0906. The molecule has 4 heteroatoms. The minimum atomic E-state index is -3.18. The van der Waals surface area contributed by atoms with Crippen molar-refractivity contribution in [1.29, 1.82) is 0 Å². The van der Waals surface area contributed by atoms with Crippen molar-refractivity contribution >= 4 is 9.84 Å². The molecule has 0 aliphatic heterocycles. The van der Waals surface area contributed by atoms with Crippen molar-refractivity contribution in [3.05, 3.63) is 35.9 Å². The van der Waals surface area contributed by atoms with Crippen LogP contribution in [0.25, 0.3) is 0 Å². The predicted octanol–water partition coefficient (Wildman–Crippen LogP) is 2.51. The number of benzene rings is 1. The van der Waals surface area contributed by atoms with Gasteiger partial charge >= 0.3 is 0 Å². The number of hydrogen-bond donors (Lipinski definition) is 1. The second-order valence-electron chi connectivity index (χ2n) is 6.24. The molecule has 2 atom stereocenters. The number of hydrogen-bond acceptors (Lipinski definition) is 3. The molecule has 0 bridgehead atoms. The number of sulfone groups is 1. The van der Waals surface area contributed by atoms with Crippen LogP contribution >= 0.6 is 0 Å². The molecule has 1 fully saturated rings. The molecule has 0 aromatic heterocycles. The summed E-state index contributed by atoms with van der Waals surface area (Å²) in [6.45, 7) is 4.14. The van der Waals surface area contributed by atoms with Gasteiger partial charge in [0.05, 0.1) is 11.0 Å². The molecule has 2 unspecified atom stereocenters. The molecular formula is C15H23NO2S. The van der Waals surface area contributed by atoms with Gasteiger partial charge in [-0.2, -0.15) is 0 Å². The second kappa shape index (κ2) is 5.25. The van der Waals surface area contributed by atoms with Gasteiger partial charge in [0, 0.05) is 6.04 Å². The van der Waals surface area contributed by atoms with Crippen molar-refractivity contribution in [2.45, 2.75) is 50.2 Å². The topological polar surface area (TPSA) is 60.2 Å². The van der Waals surface area contributed by atoms with Crippen molar-refractivity contribution in [3.63, 3.8) is 0 Å². The SMILES string of the molecule is CC1(C)CCCC(S(=O)(=O)Cc2ccccc2)C1N. The van der Waals surface area contributed by atoms with Crippen LogP contribution in [0.5, 0.6) is 0 Å². The normalized spacial score (nSPS) is 27.1. The maximum atomic E-state index is 12.6. The first-order valence-corrected chi connectivity index (χ1v) is 8.55. The van der Waals surface area contributed by atoms with E-state index in [2.05, 4.69) is 13.8 Å². The maximum absolute atomic E-state index is 12.6. The van der Waals surface area contributed by atoms with E-state index in [0.717, 1.165) is 18.4 Å². The van der Waals surface area contributed by atoms with Crippen molar-refractivity contribution in [1.82, 2.24) is 0 Å². The first-order valence-electron chi connectivity index (χ1n) is 6.84. The van der Waals surface area contributed by atoms with E-state index >= 15 is 0 Å². The lowest BCUT2D eigenvalue weighted by Crippen LogP contribution is -2.52. The average Bonchev–Trinajstić information content (AvgIpc) is 2.33. The fourth-order valence-electron chi connectivity index (χ4n) is 2.92. The third-order valence-corrected chi connectivity index (χ3v) is 6.47. The summed E-state index contributed by atoms with van der Waals surface area (Å²) in [6, 6.07) is 9.08.